The van der Waals surface area contributed by atoms with E-state index in [1.54, 1.807) is 18.4 Å². The number of aliphatic hydroxyl groups excluding tert-OH is 1. The van der Waals surface area contributed by atoms with Crippen molar-refractivity contribution in [3.8, 4) is 0 Å². The molecule has 0 spiro atoms. The van der Waals surface area contributed by atoms with Gasteiger partial charge >= 0.3 is 0 Å². The van der Waals surface area contributed by atoms with Crippen molar-refractivity contribution < 1.29 is 28.8 Å². The third-order valence-electron chi connectivity index (χ3n) is 5.18. The topological polar surface area (TPSA) is 77.5 Å². The van der Waals surface area contributed by atoms with Gasteiger partial charge < -0.3 is 29.0 Å². The van der Waals surface area contributed by atoms with Crippen molar-refractivity contribution in [2.24, 2.45) is 0 Å². The van der Waals surface area contributed by atoms with Gasteiger partial charge in [-0.25, -0.2) is 0 Å². The monoisotopic (exact) mass is 447 g/mol. The van der Waals surface area contributed by atoms with Crippen molar-refractivity contribution in [2.75, 3.05) is 27.8 Å². The fraction of sp³-hybridized carbons (Fsp3) is 0.435. The Morgan fingerprint density at radius 2 is 1.94 bits per heavy atom. The Morgan fingerprint density at radius 1 is 1.23 bits per heavy atom. The molecule has 0 radical (unpaired) electrons. The third kappa shape index (κ3) is 6.38. The number of methoxy groups -OCH3 is 2. The molecule has 0 saturated carbocycles. The summed E-state index contributed by atoms with van der Waals surface area (Å²) in [4.78, 5) is 14.5. The standard InChI is InChI=1S/C23H29NO6S/c1-24(12-22(27-2)28-3)23(26)20-10-19(18-8-9-31-15-18)11-21(30-20)29-14-17-6-4-16(13-25)5-7-17/h4-10,15,19,21-22,25H,11-14H2,1-3H3/t19-,21+/m1/s1. The van der Waals surface area contributed by atoms with Gasteiger partial charge in [0.05, 0.1) is 19.8 Å². The zero-order valence-electron chi connectivity index (χ0n) is 18.0. The van der Waals surface area contributed by atoms with Crippen molar-refractivity contribution in [3.05, 3.63) is 69.6 Å². The number of hydrogen-bond acceptors (Lipinski definition) is 7. The minimum absolute atomic E-state index is 0.00593. The maximum atomic E-state index is 13.0. The van der Waals surface area contributed by atoms with Crippen LogP contribution in [0.2, 0.25) is 0 Å². The van der Waals surface area contributed by atoms with Crippen LogP contribution in [0.3, 0.4) is 0 Å². The van der Waals surface area contributed by atoms with Crippen LogP contribution in [-0.4, -0.2) is 56.3 Å². The van der Waals surface area contributed by atoms with Crippen LogP contribution in [0.5, 0.6) is 0 Å². The molecule has 31 heavy (non-hydrogen) atoms. The number of aliphatic hydroxyl groups is 1. The molecule has 0 bridgehead atoms. The molecule has 168 valence electrons. The van der Waals surface area contributed by atoms with E-state index < -0.39 is 12.6 Å². The smallest absolute Gasteiger partial charge is 0.288 e. The van der Waals surface area contributed by atoms with Crippen LogP contribution in [0.25, 0.3) is 0 Å². The molecule has 1 amide bonds. The first-order chi connectivity index (χ1) is 15.0. The van der Waals surface area contributed by atoms with Gasteiger partial charge in [-0.3, -0.25) is 4.79 Å². The van der Waals surface area contributed by atoms with Gasteiger partial charge in [0, 0.05) is 33.6 Å². The van der Waals surface area contributed by atoms with Crippen LogP contribution >= 0.6 is 11.3 Å². The molecule has 0 unspecified atom stereocenters. The van der Waals surface area contributed by atoms with Gasteiger partial charge in [0.15, 0.2) is 12.0 Å². The zero-order valence-corrected chi connectivity index (χ0v) is 18.8. The lowest BCUT2D eigenvalue weighted by Gasteiger charge is -2.31. The molecule has 2 aromatic rings. The molecule has 2 heterocycles. The number of carbonyl (C=O) groups is 1. The summed E-state index contributed by atoms with van der Waals surface area (Å²) in [5, 5.41) is 13.3. The van der Waals surface area contributed by atoms with Crippen molar-refractivity contribution in [1.29, 1.82) is 0 Å². The van der Waals surface area contributed by atoms with E-state index >= 15 is 0 Å². The first-order valence-corrected chi connectivity index (χ1v) is 11.0. The van der Waals surface area contributed by atoms with Crippen LogP contribution in [0.4, 0.5) is 0 Å². The second-order valence-corrected chi connectivity index (χ2v) is 8.13. The van der Waals surface area contributed by atoms with Crippen LogP contribution < -0.4 is 0 Å². The Hall–Kier alpha value is -2.23. The number of carbonyl (C=O) groups excluding carboxylic acids is 1. The predicted octanol–water partition coefficient (Wildman–Crippen LogP) is 3.25. The Balaban J connectivity index is 1.70. The molecule has 0 saturated heterocycles. The molecule has 1 aromatic heterocycles. The van der Waals surface area contributed by atoms with Gasteiger partial charge in [0.25, 0.3) is 5.91 Å². The fourth-order valence-electron chi connectivity index (χ4n) is 3.30. The second kappa shape index (κ2) is 11.4. The van der Waals surface area contributed by atoms with Gasteiger partial charge in [-0.15, -0.1) is 0 Å². The van der Waals surface area contributed by atoms with E-state index in [0.29, 0.717) is 13.0 Å². The van der Waals surface area contributed by atoms with E-state index in [2.05, 4.69) is 11.4 Å². The number of rotatable bonds is 10. The number of amides is 1. The molecule has 2 atom stereocenters. The molecule has 1 aromatic carbocycles. The summed E-state index contributed by atoms with van der Waals surface area (Å²) in [5.41, 5.74) is 2.95. The summed E-state index contributed by atoms with van der Waals surface area (Å²) in [6, 6.07) is 9.60. The van der Waals surface area contributed by atoms with E-state index in [0.717, 1.165) is 16.7 Å². The molecular formula is C23H29NO6S. The van der Waals surface area contributed by atoms with Crippen LogP contribution in [0, 0.1) is 0 Å². The van der Waals surface area contributed by atoms with E-state index in [1.807, 2.05) is 35.7 Å². The SMILES string of the molecule is COC(CN(C)C(=O)C1=C[C@@H](c2ccsc2)C[C@@H](OCc2ccc(CO)cc2)O1)OC. The Labute approximate surface area is 186 Å². The average Bonchev–Trinajstić information content (AvgIpc) is 3.36. The first-order valence-electron chi connectivity index (χ1n) is 10.1. The summed E-state index contributed by atoms with van der Waals surface area (Å²) < 4.78 is 22.3. The summed E-state index contributed by atoms with van der Waals surface area (Å²) in [7, 11) is 4.75. The normalized spacial score (nSPS) is 18.5. The number of thiophene rings is 1. The minimum Gasteiger partial charge on any atom is -0.459 e. The lowest BCUT2D eigenvalue weighted by molar-refractivity contribution is -0.160. The summed E-state index contributed by atoms with van der Waals surface area (Å²) >= 11 is 1.62. The lowest BCUT2D eigenvalue weighted by Crippen LogP contribution is -2.39. The summed E-state index contributed by atoms with van der Waals surface area (Å²) in [5.74, 6) is 0.0335. The van der Waals surface area contributed by atoms with E-state index in [1.165, 1.54) is 19.1 Å². The largest absolute Gasteiger partial charge is 0.459 e. The molecule has 0 fully saturated rings. The number of hydrogen-bond donors (Lipinski definition) is 1. The number of ether oxygens (including phenoxy) is 4. The number of nitrogens with zero attached hydrogens (tertiary/aromatic N) is 1. The van der Waals surface area contributed by atoms with Gasteiger partial charge in [-0.05, 0) is 39.6 Å². The summed E-state index contributed by atoms with van der Waals surface area (Å²) in [6.07, 6.45) is 1.41. The number of allylic oxidation sites excluding steroid dienone is 1. The first kappa shape index (κ1) is 23.4. The van der Waals surface area contributed by atoms with Crippen LogP contribution in [-0.2, 0) is 37.0 Å². The third-order valence-corrected chi connectivity index (χ3v) is 5.88. The molecule has 7 nitrogen and oxygen atoms in total. The quantitative estimate of drug-likeness (QED) is 0.564. The average molecular weight is 448 g/mol. The van der Waals surface area contributed by atoms with E-state index in [-0.39, 0.29) is 30.7 Å². The molecule has 1 aliphatic heterocycles. The zero-order chi connectivity index (χ0) is 22.2. The van der Waals surface area contributed by atoms with Gasteiger partial charge in [0.2, 0.25) is 6.29 Å². The van der Waals surface area contributed by atoms with E-state index in [4.69, 9.17) is 18.9 Å². The Bertz CT molecular complexity index is 847. The maximum Gasteiger partial charge on any atom is 0.288 e. The maximum absolute atomic E-state index is 13.0. The van der Waals surface area contributed by atoms with Crippen molar-refractivity contribution in [1.82, 2.24) is 4.90 Å². The van der Waals surface area contributed by atoms with Gasteiger partial charge in [-0.2, -0.15) is 11.3 Å². The molecule has 0 aliphatic carbocycles. The predicted molar refractivity (Wildman–Crippen MR) is 117 cm³/mol. The van der Waals surface area contributed by atoms with Gasteiger partial charge in [-0.1, -0.05) is 24.3 Å². The highest BCUT2D eigenvalue weighted by atomic mass is 32.1. The second-order valence-electron chi connectivity index (χ2n) is 7.35. The highest BCUT2D eigenvalue weighted by Gasteiger charge is 2.31. The highest BCUT2D eigenvalue weighted by Crippen LogP contribution is 2.33. The van der Waals surface area contributed by atoms with Crippen molar-refractivity contribution >= 4 is 17.2 Å². The molecule has 8 heteroatoms. The summed E-state index contributed by atoms with van der Waals surface area (Å²) in [6.45, 7) is 0.629. The number of likely N-dealkylation sites (N-methyl/N-ethyl adjacent to an activating group) is 1. The Morgan fingerprint density at radius 3 is 2.55 bits per heavy atom. The minimum atomic E-state index is -0.555. The number of benzene rings is 1. The molecule has 3 rings (SSSR count). The fourth-order valence-corrected chi connectivity index (χ4v) is 4.02. The lowest BCUT2D eigenvalue weighted by atomic mass is 9.95. The van der Waals surface area contributed by atoms with E-state index in [9.17, 15) is 9.90 Å². The van der Waals surface area contributed by atoms with Gasteiger partial charge in [0.1, 0.15) is 0 Å². The highest BCUT2D eigenvalue weighted by molar-refractivity contribution is 7.08. The molecule has 1 aliphatic rings. The van der Waals surface area contributed by atoms with Crippen molar-refractivity contribution in [2.45, 2.75) is 38.1 Å². The van der Waals surface area contributed by atoms with Crippen molar-refractivity contribution in [3.63, 3.8) is 0 Å². The van der Waals surface area contributed by atoms with Crippen LogP contribution in [0.15, 0.2) is 52.9 Å². The Kier molecular flexibility index (Phi) is 8.62. The molecular weight excluding hydrogens is 418 g/mol. The molecule has 1 N–H and O–H groups in total. The van der Waals surface area contributed by atoms with Crippen LogP contribution in [0.1, 0.15) is 29.0 Å².